The summed E-state index contributed by atoms with van der Waals surface area (Å²) in [7, 11) is 0. The average Bonchev–Trinajstić information content (AvgIpc) is 2.24. The zero-order chi connectivity index (χ0) is 12.9. The first-order valence-corrected chi connectivity index (χ1v) is 7.33. The van der Waals surface area contributed by atoms with E-state index in [9.17, 15) is 0 Å². The summed E-state index contributed by atoms with van der Waals surface area (Å²) in [6.45, 7) is 16.7. The Morgan fingerprint density at radius 3 is 2.24 bits per heavy atom. The van der Waals surface area contributed by atoms with Crippen molar-refractivity contribution in [2.45, 2.75) is 59.9 Å². The summed E-state index contributed by atoms with van der Waals surface area (Å²) in [5.74, 6) is 0.915. The molecule has 0 amide bonds. The fraction of sp³-hybridized carbons (Fsp3) is 1.00. The molecule has 0 unspecified atom stereocenters. The van der Waals surface area contributed by atoms with Gasteiger partial charge in [-0.15, -0.1) is 0 Å². The van der Waals surface area contributed by atoms with Gasteiger partial charge in [-0.05, 0) is 64.1 Å². The van der Waals surface area contributed by atoms with Crippen LogP contribution >= 0.6 is 0 Å². The van der Waals surface area contributed by atoms with Gasteiger partial charge in [0.05, 0.1) is 0 Å². The molecule has 0 aromatic rings. The SMILES string of the molecule is CC(C)N(CCC(C)(C)C)CC1CCNCC1. The topological polar surface area (TPSA) is 15.3 Å². The fourth-order valence-electron chi connectivity index (χ4n) is 2.44. The molecule has 1 N–H and O–H groups in total. The largest absolute Gasteiger partial charge is 0.317 e. The first-order valence-electron chi connectivity index (χ1n) is 7.33. The van der Waals surface area contributed by atoms with E-state index in [1.54, 1.807) is 0 Å². The van der Waals surface area contributed by atoms with Crippen molar-refractivity contribution in [3.63, 3.8) is 0 Å². The number of hydrogen-bond donors (Lipinski definition) is 1. The number of rotatable bonds is 5. The summed E-state index contributed by atoms with van der Waals surface area (Å²) in [5.41, 5.74) is 0.460. The van der Waals surface area contributed by atoms with Crippen molar-refractivity contribution in [3.8, 4) is 0 Å². The van der Waals surface area contributed by atoms with Crippen molar-refractivity contribution in [1.29, 1.82) is 0 Å². The van der Waals surface area contributed by atoms with Crippen LogP contribution in [0.3, 0.4) is 0 Å². The fourth-order valence-corrected chi connectivity index (χ4v) is 2.44. The van der Waals surface area contributed by atoms with Crippen molar-refractivity contribution < 1.29 is 0 Å². The molecule has 17 heavy (non-hydrogen) atoms. The number of piperidine rings is 1. The molecule has 102 valence electrons. The van der Waals surface area contributed by atoms with Gasteiger partial charge < -0.3 is 10.2 Å². The molecule has 0 aromatic heterocycles. The van der Waals surface area contributed by atoms with Gasteiger partial charge in [-0.1, -0.05) is 20.8 Å². The smallest absolute Gasteiger partial charge is 0.00387 e. The van der Waals surface area contributed by atoms with E-state index in [1.807, 2.05) is 0 Å². The third kappa shape index (κ3) is 6.42. The number of hydrogen-bond acceptors (Lipinski definition) is 2. The number of nitrogens with zero attached hydrogens (tertiary/aromatic N) is 1. The Bertz CT molecular complexity index is 199. The second-order valence-electron chi connectivity index (χ2n) is 7.09. The predicted octanol–water partition coefficient (Wildman–Crippen LogP) is 3.13. The quantitative estimate of drug-likeness (QED) is 0.794. The van der Waals surface area contributed by atoms with Crippen molar-refractivity contribution >= 4 is 0 Å². The van der Waals surface area contributed by atoms with Gasteiger partial charge in [0.1, 0.15) is 0 Å². The van der Waals surface area contributed by atoms with E-state index in [2.05, 4.69) is 44.8 Å². The highest BCUT2D eigenvalue weighted by atomic mass is 15.1. The maximum absolute atomic E-state index is 3.45. The first kappa shape index (κ1) is 15.0. The molecule has 0 spiro atoms. The van der Waals surface area contributed by atoms with Gasteiger partial charge in [-0.25, -0.2) is 0 Å². The molecule has 2 heteroatoms. The molecule has 0 bridgehead atoms. The van der Waals surface area contributed by atoms with Crippen molar-refractivity contribution in [2.75, 3.05) is 26.2 Å². The molecular formula is C15H32N2. The van der Waals surface area contributed by atoms with Gasteiger partial charge in [0.2, 0.25) is 0 Å². The van der Waals surface area contributed by atoms with Crippen molar-refractivity contribution in [1.82, 2.24) is 10.2 Å². The molecule has 1 fully saturated rings. The summed E-state index contributed by atoms with van der Waals surface area (Å²) in [6, 6.07) is 0.687. The summed E-state index contributed by atoms with van der Waals surface area (Å²) < 4.78 is 0. The Kier molecular flexibility index (Phi) is 5.94. The molecule has 2 nitrogen and oxygen atoms in total. The van der Waals surface area contributed by atoms with Crippen LogP contribution in [-0.2, 0) is 0 Å². The maximum atomic E-state index is 3.45. The molecule has 1 aliphatic rings. The summed E-state index contributed by atoms with van der Waals surface area (Å²) in [5, 5.41) is 3.45. The molecule has 1 heterocycles. The lowest BCUT2D eigenvalue weighted by Gasteiger charge is -2.34. The van der Waals surface area contributed by atoms with Gasteiger partial charge >= 0.3 is 0 Å². The van der Waals surface area contributed by atoms with Gasteiger partial charge in [0.15, 0.2) is 0 Å². The molecule has 0 saturated carbocycles. The van der Waals surface area contributed by atoms with E-state index in [4.69, 9.17) is 0 Å². The van der Waals surface area contributed by atoms with E-state index in [-0.39, 0.29) is 0 Å². The highest BCUT2D eigenvalue weighted by molar-refractivity contribution is 4.75. The van der Waals surface area contributed by atoms with Crippen LogP contribution < -0.4 is 5.32 Å². The summed E-state index contributed by atoms with van der Waals surface area (Å²) >= 11 is 0. The normalized spacial score (nSPS) is 19.2. The molecule has 0 aromatic carbocycles. The van der Waals surface area contributed by atoms with Crippen LogP contribution in [0.5, 0.6) is 0 Å². The molecule has 1 rings (SSSR count). The Hall–Kier alpha value is -0.0800. The highest BCUT2D eigenvalue weighted by Gasteiger charge is 2.20. The Morgan fingerprint density at radius 2 is 1.76 bits per heavy atom. The predicted molar refractivity (Wildman–Crippen MR) is 76.4 cm³/mol. The van der Waals surface area contributed by atoms with Gasteiger partial charge in [-0.3, -0.25) is 0 Å². The molecule has 1 saturated heterocycles. The van der Waals surface area contributed by atoms with Crippen LogP contribution in [0.25, 0.3) is 0 Å². The molecule has 0 aliphatic carbocycles. The lowest BCUT2D eigenvalue weighted by atomic mass is 9.91. The first-order chi connectivity index (χ1) is 7.88. The van der Waals surface area contributed by atoms with Crippen LogP contribution in [0.15, 0.2) is 0 Å². The number of nitrogens with one attached hydrogen (secondary N) is 1. The van der Waals surface area contributed by atoms with E-state index >= 15 is 0 Å². The zero-order valence-corrected chi connectivity index (χ0v) is 12.6. The monoisotopic (exact) mass is 240 g/mol. The zero-order valence-electron chi connectivity index (χ0n) is 12.6. The Morgan fingerprint density at radius 1 is 1.18 bits per heavy atom. The molecule has 0 atom stereocenters. The molecular weight excluding hydrogens is 208 g/mol. The third-order valence-corrected chi connectivity index (χ3v) is 3.83. The summed E-state index contributed by atoms with van der Waals surface area (Å²) in [4.78, 5) is 2.68. The van der Waals surface area contributed by atoms with E-state index in [0.717, 1.165) is 5.92 Å². The van der Waals surface area contributed by atoms with Crippen LogP contribution in [0, 0.1) is 11.3 Å². The van der Waals surface area contributed by atoms with Crippen molar-refractivity contribution in [2.24, 2.45) is 11.3 Å². The lowest BCUT2D eigenvalue weighted by Crippen LogP contribution is -2.40. The second kappa shape index (κ2) is 6.75. The minimum absolute atomic E-state index is 0.460. The minimum Gasteiger partial charge on any atom is -0.317 e. The van der Waals surface area contributed by atoms with E-state index in [1.165, 1.54) is 45.4 Å². The van der Waals surface area contributed by atoms with E-state index in [0.29, 0.717) is 11.5 Å². The average molecular weight is 240 g/mol. The maximum Gasteiger partial charge on any atom is 0.00387 e. The van der Waals surface area contributed by atoms with Gasteiger partial charge in [0, 0.05) is 12.6 Å². The third-order valence-electron chi connectivity index (χ3n) is 3.83. The van der Waals surface area contributed by atoms with Crippen LogP contribution in [0.1, 0.15) is 53.9 Å². The summed E-state index contributed by atoms with van der Waals surface area (Å²) in [6.07, 6.45) is 4.02. The van der Waals surface area contributed by atoms with Crippen LogP contribution in [0.4, 0.5) is 0 Å². The Balaban J connectivity index is 2.37. The van der Waals surface area contributed by atoms with Crippen molar-refractivity contribution in [3.05, 3.63) is 0 Å². The van der Waals surface area contributed by atoms with Crippen LogP contribution in [0.2, 0.25) is 0 Å². The van der Waals surface area contributed by atoms with Gasteiger partial charge in [-0.2, -0.15) is 0 Å². The van der Waals surface area contributed by atoms with Crippen LogP contribution in [-0.4, -0.2) is 37.1 Å². The highest BCUT2D eigenvalue weighted by Crippen LogP contribution is 2.21. The minimum atomic E-state index is 0.460. The van der Waals surface area contributed by atoms with Gasteiger partial charge in [0.25, 0.3) is 0 Å². The Labute approximate surface area is 108 Å². The molecule has 0 radical (unpaired) electrons. The standard InChI is InChI=1S/C15H32N2/c1-13(2)17(11-8-15(3,4)5)12-14-6-9-16-10-7-14/h13-14,16H,6-12H2,1-5H3. The molecule has 1 aliphatic heterocycles. The lowest BCUT2D eigenvalue weighted by molar-refractivity contribution is 0.149. The van der Waals surface area contributed by atoms with E-state index < -0.39 is 0 Å². The second-order valence-corrected chi connectivity index (χ2v) is 7.09.